The zero-order chi connectivity index (χ0) is 17.8. The minimum atomic E-state index is 0.242. The minimum Gasteiger partial charge on any atom is -0.334 e. The maximum absolute atomic E-state index is 4.57. The van der Waals surface area contributed by atoms with Gasteiger partial charge in [0.2, 0.25) is 0 Å². The molecule has 4 aromatic rings. The maximum Gasteiger partial charge on any atom is 0.182 e. The molecule has 4 rings (SSSR count). The molecule has 0 saturated heterocycles. The van der Waals surface area contributed by atoms with Gasteiger partial charge in [-0.2, -0.15) is 5.10 Å². The third kappa shape index (κ3) is 3.39. The number of aryl methyl sites for hydroxylation is 2. The Morgan fingerprint density at radius 3 is 2.77 bits per heavy atom. The van der Waals surface area contributed by atoms with Gasteiger partial charge in [0.25, 0.3) is 0 Å². The monoisotopic (exact) mass is 344 g/mol. The highest BCUT2D eigenvalue weighted by atomic mass is 15.2. The van der Waals surface area contributed by atoms with Crippen molar-refractivity contribution in [3.05, 3.63) is 84.5 Å². The Balaban J connectivity index is 1.47. The molecular formula is C20H20N6. The van der Waals surface area contributed by atoms with Crippen LogP contribution in [0.5, 0.6) is 0 Å². The number of rotatable bonds is 6. The van der Waals surface area contributed by atoms with Crippen LogP contribution in [0.3, 0.4) is 0 Å². The predicted molar refractivity (Wildman–Crippen MR) is 99.5 cm³/mol. The molecule has 0 bridgehead atoms. The Kier molecular flexibility index (Phi) is 4.55. The quantitative estimate of drug-likeness (QED) is 0.581. The smallest absolute Gasteiger partial charge is 0.182 e. The van der Waals surface area contributed by atoms with Gasteiger partial charge >= 0.3 is 0 Å². The van der Waals surface area contributed by atoms with Crippen LogP contribution in [0, 0.1) is 0 Å². The number of benzene rings is 1. The Morgan fingerprint density at radius 2 is 1.96 bits per heavy atom. The molecule has 0 unspecified atom stereocenters. The van der Waals surface area contributed by atoms with Crippen molar-refractivity contribution in [3.8, 4) is 11.4 Å². The molecule has 0 radical (unpaired) electrons. The van der Waals surface area contributed by atoms with Gasteiger partial charge in [-0.3, -0.25) is 10.1 Å². The number of hydrogen-bond donors (Lipinski definition) is 1. The second-order valence-electron chi connectivity index (χ2n) is 6.21. The van der Waals surface area contributed by atoms with Crippen LogP contribution in [0.25, 0.3) is 11.4 Å². The van der Waals surface area contributed by atoms with Crippen molar-refractivity contribution < 1.29 is 0 Å². The molecule has 0 aliphatic carbocycles. The zero-order valence-electron chi connectivity index (χ0n) is 14.6. The number of hydrogen-bond acceptors (Lipinski definition) is 4. The van der Waals surface area contributed by atoms with Gasteiger partial charge in [0.15, 0.2) is 5.82 Å². The largest absolute Gasteiger partial charge is 0.334 e. The topological polar surface area (TPSA) is 72.3 Å². The molecule has 0 saturated carbocycles. The maximum atomic E-state index is 4.57. The number of H-pyrrole nitrogens is 1. The first kappa shape index (κ1) is 16.2. The van der Waals surface area contributed by atoms with E-state index in [2.05, 4.69) is 60.9 Å². The molecule has 6 heteroatoms. The molecule has 0 amide bonds. The lowest BCUT2D eigenvalue weighted by Crippen LogP contribution is -2.10. The highest BCUT2D eigenvalue weighted by molar-refractivity contribution is 5.52. The van der Waals surface area contributed by atoms with Crippen molar-refractivity contribution in [3.63, 3.8) is 0 Å². The molecule has 1 atom stereocenters. The van der Waals surface area contributed by atoms with Gasteiger partial charge in [-0.15, -0.1) is 0 Å². The summed E-state index contributed by atoms with van der Waals surface area (Å²) in [4.78, 5) is 13.2. The van der Waals surface area contributed by atoms with Crippen LogP contribution in [0.4, 0.5) is 0 Å². The molecular weight excluding hydrogens is 324 g/mol. The standard InChI is InChI=1S/C20H20N6/c1-15(16-6-3-2-4-7-16)20-22-11-13-26(20)12-9-18-23-19(25-24-18)17-8-5-10-21-14-17/h2-8,10-11,13-15H,9,12H2,1H3,(H,23,24,25)/t15-/m1/s1. The van der Waals surface area contributed by atoms with Gasteiger partial charge in [-0.1, -0.05) is 37.3 Å². The first-order valence-corrected chi connectivity index (χ1v) is 8.69. The van der Waals surface area contributed by atoms with Crippen molar-refractivity contribution in [2.75, 3.05) is 0 Å². The lowest BCUT2D eigenvalue weighted by Gasteiger charge is -2.14. The van der Waals surface area contributed by atoms with E-state index < -0.39 is 0 Å². The Labute approximate surface area is 152 Å². The average Bonchev–Trinajstić information content (AvgIpc) is 3.36. The Bertz CT molecular complexity index is 958. The van der Waals surface area contributed by atoms with Crippen molar-refractivity contribution in [2.24, 2.45) is 0 Å². The van der Waals surface area contributed by atoms with Crippen molar-refractivity contribution in [2.45, 2.75) is 25.8 Å². The van der Waals surface area contributed by atoms with Gasteiger partial charge in [0.05, 0.1) is 0 Å². The lowest BCUT2D eigenvalue weighted by atomic mass is 10.0. The average molecular weight is 344 g/mol. The van der Waals surface area contributed by atoms with Crippen molar-refractivity contribution in [1.29, 1.82) is 0 Å². The predicted octanol–water partition coefficient (Wildman–Crippen LogP) is 3.46. The van der Waals surface area contributed by atoms with E-state index in [9.17, 15) is 0 Å². The summed E-state index contributed by atoms with van der Waals surface area (Å²) in [5.41, 5.74) is 2.18. The van der Waals surface area contributed by atoms with Crippen molar-refractivity contribution >= 4 is 0 Å². The van der Waals surface area contributed by atoms with Crippen LogP contribution in [0.15, 0.2) is 67.3 Å². The van der Waals surface area contributed by atoms with Crippen LogP contribution in [-0.2, 0) is 13.0 Å². The summed E-state index contributed by atoms with van der Waals surface area (Å²) in [7, 11) is 0. The second kappa shape index (κ2) is 7.31. The number of imidazole rings is 1. The van der Waals surface area contributed by atoms with E-state index in [-0.39, 0.29) is 5.92 Å². The van der Waals surface area contributed by atoms with E-state index in [4.69, 9.17) is 0 Å². The SMILES string of the molecule is C[C@H](c1ccccc1)c1nccn1CCc1nc(-c2cccnc2)n[nH]1. The molecule has 130 valence electrons. The number of nitrogens with zero attached hydrogens (tertiary/aromatic N) is 5. The van der Waals surface area contributed by atoms with Crippen LogP contribution in [0.1, 0.15) is 30.1 Å². The van der Waals surface area contributed by atoms with E-state index in [0.29, 0.717) is 5.82 Å². The van der Waals surface area contributed by atoms with Crippen LogP contribution >= 0.6 is 0 Å². The van der Waals surface area contributed by atoms with Crippen LogP contribution in [-0.4, -0.2) is 29.7 Å². The van der Waals surface area contributed by atoms with Crippen LogP contribution in [0.2, 0.25) is 0 Å². The van der Waals surface area contributed by atoms with E-state index in [0.717, 1.165) is 30.2 Å². The third-order valence-electron chi connectivity index (χ3n) is 4.48. The summed E-state index contributed by atoms with van der Waals surface area (Å²) in [5, 5.41) is 7.31. The molecule has 3 aromatic heterocycles. The molecule has 0 spiro atoms. The first-order valence-electron chi connectivity index (χ1n) is 8.69. The van der Waals surface area contributed by atoms with E-state index in [1.807, 2.05) is 30.6 Å². The summed E-state index contributed by atoms with van der Waals surface area (Å²) in [5.74, 6) is 2.84. The van der Waals surface area contributed by atoms with Gasteiger partial charge in [0, 0.05) is 49.2 Å². The van der Waals surface area contributed by atoms with E-state index in [1.54, 1.807) is 12.4 Å². The summed E-state index contributed by atoms with van der Waals surface area (Å²) >= 11 is 0. The number of aromatic nitrogens is 6. The highest BCUT2D eigenvalue weighted by Gasteiger charge is 2.14. The number of pyridine rings is 1. The zero-order valence-corrected chi connectivity index (χ0v) is 14.6. The summed E-state index contributed by atoms with van der Waals surface area (Å²) in [6, 6.07) is 14.3. The number of aromatic amines is 1. The fourth-order valence-electron chi connectivity index (χ4n) is 3.04. The van der Waals surface area contributed by atoms with Crippen molar-refractivity contribution in [1.82, 2.24) is 29.7 Å². The molecule has 1 N–H and O–H groups in total. The summed E-state index contributed by atoms with van der Waals surface area (Å²) in [6.07, 6.45) is 8.15. The summed E-state index contributed by atoms with van der Waals surface area (Å²) < 4.78 is 2.18. The van der Waals surface area contributed by atoms with Gasteiger partial charge in [-0.25, -0.2) is 9.97 Å². The van der Waals surface area contributed by atoms with E-state index in [1.165, 1.54) is 5.56 Å². The minimum absolute atomic E-state index is 0.242. The highest BCUT2D eigenvalue weighted by Crippen LogP contribution is 2.22. The third-order valence-corrected chi connectivity index (χ3v) is 4.48. The van der Waals surface area contributed by atoms with Crippen LogP contribution < -0.4 is 0 Å². The number of nitrogens with one attached hydrogen (secondary N) is 1. The fraction of sp³-hybridized carbons (Fsp3) is 0.200. The molecule has 3 heterocycles. The molecule has 26 heavy (non-hydrogen) atoms. The first-order chi connectivity index (χ1) is 12.8. The summed E-state index contributed by atoms with van der Waals surface area (Å²) in [6.45, 7) is 2.98. The van der Waals surface area contributed by atoms with E-state index >= 15 is 0 Å². The molecule has 6 nitrogen and oxygen atoms in total. The van der Waals surface area contributed by atoms with Gasteiger partial charge in [-0.05, 0) is 17.7 Å². The Hall–Kier alpha value is -3.28. The normalized spacial score (nSPS) is 12.2. The molecule has 0 aliphatic heterocycles. The van der Waals surface area contributed by atoms with Gasteiger partial charge < -0.3 is 4.57 Å². The molecule has 0 aliphatic rings. The van der Waals surface area contributed by atoms with Gasteiger partial charge in [0.1, 0.15) is 11.6 Å². The second-order valence-corrected chi connectivity index (χ2v) is 6.21. The Morgan fingerprint density at radius 1 is 1.08 bits per heavy atom. The fourth-order valence-corrected chi connectivity index (χ4v) is 3.04. The lowest BCUT2D eigenvalue weighted by molar-refractivity contribution is 0.619. The molecule has 0 fully saturated rings. The molecule has 1 aromatic carbocycles.